The van der Waals surface area contributed by atoms with Gasteiger partial charge in [-0.05, 0) is 59.8 Å². The number of carbonyl (C=O) groups is 2. The third-order valence-corrected chi connectivity index (χ3v) is 11.5. The molecule has 0 fully saturated rings. The number of amides is 1. The summed E-state index contributed by atoms with van der Waals surface area (Å²) in [4.78, 5) is 25.1. The quantitative estimate of drug-likeness (QED) is 0.228. The molecule has 41 heavy (non-hydrogen) atoms. The predicted molar refractivity (Wildman–Crippen MR) is 160 cm³/mol. The Labute approximate surface area is 246 Å². The van der Waals surface area contributed by atoms with Crippen LogP contribution in [0.3, 0.4) is 0 Å². The first-order valence-corrected chi connectivity index (χ1v) is 17.2. The molecule has 0 aliphatic heterocycles. The average Bonchev–Trinajstić information content (AvgIpc) is 3.58. The molecule has 1 aliphatic carbocycles. The van der Waals surface area contributed by atoms with Crippen molar-refractivity contribution in [3.8, 4) is 0 Å². The van der Waals surface area contributed by atoms with Crippen LogP contribution in [0.15, 0.2) is 82.3 Å². The number of aliphatic carboxylic acids is 1. The number of furan rings is 1. The van der Waals surface area contributed by atoms with Crippen molar-refractivity contribution in [2.75, 3.05) is 12.9 Å². The second kappa shape index (κ2) is 10.8. The molecule has 2 N–H and O–H groups in total. The maximum absolute atomic E-state index is 13.8. The molecule has 0 saturated heterocycles. The molecular formula is C29H24Cl2NO7PS. The molecule has 4 aromatic rings. The number of hydrogen-bond acceptors (Lipinski definition) is 6. The third kappa shape index (κ3) is 5.99. The molecule has 2 unspecified atom stereocenters. The zero-order valence-corrected chi connectivity index (χ0v) is 25.0. The van der Waals surface area contributed by atoms with E-state index in [1.54, 1.807) is 25.1 Å². The maximum atomic E-state index is 13.8. The Hall–Kier alpha value is -3.36. The maximum Gasteiger partial charge on any atom is 0.326 e. The summed E-state index contributed by atoms with van der Waals surface area (Å²) in [6.45, 7) is 1.70. The number of benzene rings is 3. The van der Waals surface area contributed by atoms with Crippen LogP contribution in [0.2, 0.25) is 10.0 Å². The Morgan fingerprint density at radius 1 is 1.07 bits per heavy atom. The Kier molecular flexibility index (Phi) is 7.68. The summed E-state index contributed by atoms with van der Waals surface area (Å²) in [6.07, 6.45) is 4.32. The fraction of sp³-hybridized carbons (Fsp3) is 0.172. The molecule has 1 amide bonds. The minimum Gasteiger partial charge on any atom is -0.480 e. The van der Waals surface area contributed by atoms with Gasteiger partial charge in [0, 0.05) is 23.4 Å². The molecule has 3 aromatic carbocycles. The number of sulfone groups is 1. The largest absolute Gasteiger partial charge is 0.480 e. The number of carbonyl (C=O) groups excluding carboxylic acids is 1. The van der Waals surface area contributed by atoms with Gasteiger partial charge in [-0.1, -0.05) is 53.5 Å². The second-order valence-electron chi connectivity index (χ2n) is 10.0. The number of rotatable bonds is 9. The van der Waals surface area contributed by atoms with E-state index >= 15 is 0 Å². The van der Waals surface area contributed by atoms with Crippen LogP contribution in [-0.4, -0.2) is 50.0 Å². The fourth-order valence-corrected chi connectivity index (χ4v) is 8.24. The summed E-state index contributed by atoms with van der Waals surface area (Å²) in [5, 5.41) is 13.7. The van der Waals surface area contributed by atoms with Crippen molar-refractivity contribution in [2.45, 2.75) is 23.0 Å². The van der Waals surface area contributed by atoms with Gasteiger partial charge >= 0.3 is 5.97 Å². The first-order valence-electron chi connectivity index (χ1n) is 12.3. The van der Waals surface area contributed by atoms with Gasteiger partial charge < -0.3 is 19.4 Å². The van der Waals surface area contributed by atoms with Gasteiger partial charge in [-0.2, -0.15) is 0 Å². The van der Waals surface area contributed by atoms with Gasteiger partial charge in [0.05, 0.1) is 32.4 Å². The van der Waals surface area contributed by atoms with Gasteiger partial charge in [0.2, 0.25) is 0 Å². The molecule has 1 heterocycles. The van der Waals surface area contributed by atoms with Crippen molar-refractivity contribution in [3.05, 3.63) is 99.7 Å². The highest BCUT2D eigenvalue weighted by Crippen LogP contribution is 2.59. The lowest BCUT2D eigenvalue weighted by Crippen LogP contribution is -2.42. The summed E-state index contributed by atoms with van der Waals surface area (Å²) >= 11 is 12.9. The zero-order chi connectivity index (χ0) is 29.7. The second-order valence-corrected chi connectivity index (χ2v) is 15.9. The molecule has 0 spiro atoms. The predicted octanol–water partition coefficient (Wildman–Crippen LogP) is 5.65. The van der Waals surface area contributed by atoms with Crippen molar-refractivity contribution in [2.24, 2.45) is 0 Å². The first-order chi connectivity index (χ1) is 19.3. The number of carboxylic acids is 1. The summed E-state index contributed by atoms with van der Waals surface area (Å²) in [7, 11) is -6.36. The van der Waals surface area contributed by atoms with Gasteiger partial charge in [-0.3, -0.25) is 4.79 Å². The van der Waals surface area contributed by atoms with E-state index < -0.39 is 34.9 Å². The number of allylic oxidation sites excluding steroid dienone is 2. The lowest BCUT2D eigenvalue weighted by atomic mass is 10.0. The number of fused-ring (bicyclic) bond motifs is 1. The molecule has 0 saturated carbocycles. The summed E-state index contributed by atoms with van der Waals surface area (Å²) in [6, 6.07) is 14.8. The molecule has 1 aliphatic rings. The van der Waals surface area contributed by atoms with E-state index in [9.17, 15) is 27.7 Å². The zero-order valence-electron chi connectivity index (χ0n) is 21.8. The third-order valence-electron chi connectivity index (χ3n) is 7.00. The molecular weight excluding hydrogens is 608 g/mol. The lowest BCUT2D eigenvalue weighted by molar-refractivity contribution is -0.139. The Bertz CT molecular complexity index is 1890. The van der Waals surface area contributed by atoms with Gasteiger partial charge in [0.25, 0.3) is 5.91 Å². The van der Waals surface area contributed by atoms with Gasteiger partial charge in [0.15, 0.2) is 9.84 Å². The number of nitrogens with one attached hydrogen (secondary N) is 1. The van der Waals surface area contributed by atoms with E-state index in [0.717, 1.165) is 17.2 Å². The fourth-order valence-electron chi connectivity index (χ4n) is 4.70. The van der Waals surface area contributed by atoms with E-state index in [-0.39, 0.29) is 32.6 Å². The van der Waals surface area contributed by atoms with Crippen LogP contribution < -0.4 is 10.6 Å². The average molecular weight is 632 g/mol. The van der Waals surface area contributed by atoms with Crippen molar-refractivity contribution in [1.82, 2.24) is 5.32 Å². The summed E-state index contributed by atoms with van der Waals surface area (Å²) < 4.78 is 43.0. The van der Waals surface area contributed by atoms with Gasteiger partial charge in [-0.25, -0.2) is 13.2 Å². The Balaban J connectivity index is 1.33. The molecule has 12 heteroatoms. The van der Waals surface area contributed by atoms with E-state index in [0.29, 0.717) is 22.0 Å². The van der Waals surface area contributed by atoms with E-state index in [4.69, 9.17) is 27.6 Å². The normalized spacial score (nSPS) is 17.0. The van der Waals surface area contributed by atoms with Crippen LogP contribution in [0.25, 0.3) is 16.5 Å². The number of hydrogen-bond donors (Lipinski definition) is 2. The Morgan fingerprint density at radius 3 is 2.44 bits per heavy atom. The van der Waals surface area contributed by atoms with Crippen molar-refractivity contribution >= 4 is 73.9 Å². The smallest absolute Gasteiger partial charge is 0.326 e. The van der Waals surface area contributed by atoms with E-state index in [1.807, 2.05) is 24.3 Å². The Morgan fingerprint density at radius 2 is 1.78 bits per heavy atom. The topological polar surface area (TPSA) is 131 Å². The van der Waals surface area contributed by atoms with E-state index in [2.05, 4.69) is 5.32 Å². The highest BCUT2D eigenvalue weighted by molar-refractivity contribution is 7.90. The van der Waals surface area contributed by atoms with Crippen LogP contribution in [0.5, 0.6) is 0 Å². The van der Waals surface area contributed by atoms with Crippen molar-refractivity contribution in [3.63, 3.8) is 0 Å². The van der Waals surface area contributed by atoms with Crippen LogP contribution in [-0.2, 0) is 25.6 Å². The number of halogens is 2. The number of carboxylic acid groups (broad SMARTS) is 1. The molecule has 212 valence electrons. The van der Waals surface area contributed by atoms with Crippen LogP contribution >= 0.6 is 30.3 Å². The molecule has 0 radical (unpaired) electrons. The van der Waals surface area contributed by atoms with E-state index in [1.165, 1.54) is 30.3 Å². The molecule has 0 bridgehead atoms. The molecule has 5 rings (SSSR count). The molecule has 3 atom stereocenters. The minimum atomic E-state index is -3.50. The highest BCUT2D eigenvalue weighted by Gasteiger charge is 2.41. The first kappa shape index (κ1) is 29.1. The van der Waals surface area contributed by atoms with Crippen molar-refractivity contribution < 1.29 is 32.1 Å². The minimum absolute atomic E-state index is 0.00250. The standard InChI is InChI=1S/C29H24Cl2NO7PS/c1-40(36,19-7-6-17-8-9-39-25(17)14-19)26-15-21(26)18-12-22(30)27(23(31)13-18)28(33)32-24(29(34)35)11-16-4-3-5-20(10-16)41(2,37)38/h3-10,12-15,24,26H,11H2,1-2H3,(H,32,33)(H,34,35)/t24-,26?,40?/m0/s1. The lowest BCUT2D eigenvalue weighted by Gasteiger charge is -2.17. The summed E-state index contributed by atoms with van der Waals surface area (Å²) in [5.41, 5.74) is 2.01. The highest BCUT2D eigenvalue weighted by atomic mass is 35.5. The summed E-state index contributed by atoms with van der Waals surface area (Å²) in [5.74, 6) is -2.11. The monoisotopic (exact) mass is 631 g/mol. The van der Waals surface area contributed by atoms with Crippen LogP contribution in [0.4, 0.5) is 0 Å². The SMILES string of the molecule is CP(=O)(c1ccc2ccoc2c1)C1C=C1c1cc(Cl)c(C(=O)N[C@@H](Cc2cccc(S(C)(=O)=O)c2)C(=O)O)c(Cl)c1. The molecule has 1 aromatic heterocycles. The van der Waals surface area contributed by atoms with Gasteiger partial charge in [-0.15, -0.1) is 0 Å². The van der Waals surface area contributed by atoms with Gasteiger partial charge in [0.1, 0.15) is 18.8 Å². The van der Waals surface area contributed by atoms with Crippen molar-refractivity contribution in [1.29, 1.82) is 0 Å². The van der Waals surface area contributed by atoms with Crippen LogP contribution in [0.1, 0.15) is 21.5 Å². The van der Waals surface area contributed by atoms with Crippen LogP contribution in [0, 0.1) is 0 Å². The molecule has 8 nitrogen and oxygen atoms in total.